The first-order valence-corrected chi connectivity index (χ1v) is 9.52. The van der Waals surface area contributed by atoms with Crippen LogP contribution in [0.25, 0.3) is 0 Å². The zero-order chi connectivity index (χ0) is 19.7. The Bertz CT molecular complexity index is 965. The molecule has 140 valence electrons. The van der Waals surface area contributed by atoms with Crippen LogP contribution in [0, 0.1) is 0 Å². The largest absolute Gasteiger partial charge is 0.418 e. The molecule has 0 aliphatic rings. The summed E-state index contributed by atoms with van der Waals surface area (Å²) in [5.74, 6) is -0.562. The van der Waals surface area contributed by atoms with Crippen molar-refractivity contribution in [2.24, 2.45) is 0 Å². The Morgan fingerprint density at radius 3 is 2.35 bits per heavy atom. The van der Waals surface area contributed by atoms with E-state index in [9.17, 15) is 26.4 Å². The molecule has 1 amide bonds. The van der Waals surface area contributed by atoms with Crippen LogP contribution in [0.3, 0.4) is 0 Å². The van der Waals surface area contributed by atoms with Gasteiger partial charge in [-0.15, -0.1) is 0 Å². The van der Waals surface area contributed by atoms with E-state index in [1.165, 1.54) is 12.1 Å². The minimum atomic E-state index is -4.85. The minimum Gasteiger partial charge on any atom is -0.326 e. The van der Waals surface area contributed by atoms with Crippen LogP contribution in [0.2, 0.25) is 5.02 Å². The number of anilines is 2. The van der Waals surface area contributed by atoms with Crippen molar-refractivity contribution in [2.75, 3.05) is 10.0 Å². The molecule has 5 nitrogen and oxygen atoms in total. The number of rotatable bonds is 4. The summed E-state index contributed by atoms with van der Waals surface area (Å²) in [7, 11) is -4.37. The van der Waals surface area contributed by atoms with Gasteiger partial charge < -0.3 is 5.32 Å². The van der Waals surface area contributed by atoms with E-state index >= 15 is 0 Å². The van der Waals surface area contributed by atoms with E-state index in [4.69, 9.17) is 11.6 Å². The molecular weight excluding hydrogens is 461 g/mol. The second-order valence-corrected chi connectivity index (χ2v) is 8.09. The number of halogens is 5. The fourth-order valence-corrected chi connectivity index (χ4v) is 4.16. The van der Waals surface area contributed by atoms with E-state index in [0.29, 0.717) is 10.5 Å². The fourth-order valence-electron chi connectivity index (χ4n) is 2.04. The summed E-state index contributed by atoms with van der Waals surface area (Å²) in [6, 6.07) is 6.57. The van der Waals surface area contributed by atoms with Crippen molar-refractivity contribution in [2.45, 2.75) is 18.0 Å². The maximum absolute atomic E-state index is 13.3. The van der Waals surface area contributed by atoms with Crippen molar-refractivity contribution in [3.8, 4) is 0 Å². The molecule has 0 unspecified atom stereocenters. The molecule has 2 rings (SSSR count). The van der Waals surface area contributed by atoms with Crippen molar-refractivity contribution in [3.05, 3.63) is 51.5 Å². The van der Waals surface area contributed by atoms with Crippen LogP contribution in [0.15, 0.2) is 45.8 Å². The molecule has 0 aliphatic carbocycles. The molecule has 0 saturated heterocycles. The van der Waals surface area contributed by atoms with Gasteiger partial charge in [-0.3, -0.25) is 9.52 Å². The van der Waals surface area contributed by atoms with Gasteiger partial charge >= 0.3 is 6.18 Å². The molecule has 0 heterocycles. The van der Waals surface area contributed by atoms with Gasteiger partial charge in [0.1, 0.15) is 4.90 Å². The lowest BCUT2D eigenvalue weighted by molar-refractivity contribution is -0.136. The molecule has 0 radical (unpaired) electrons. The van der Waals surface area contributed by atoms with Gasteiger partial charge in [-0.2, -0.15) is 13.2 Å². The number of nitrogens with one attached hydrogen (secondary N) is 2. The highest BCUT2D eigenvalue weighted by molar-refractivity contribution is 9.10. The topological polar surface area (TPSA) is 75.3 Å². The van der Waals surface area contributed by atoms with Gasteiger partial charge in [0, 0.05) is 17.1 Å². The molecule has 0 bridgehead atoms. The van der Waals surface area contributed by atoms with Crippen molar-refractivity contribution in [1.29, 1.82) is 0 Å². The number of amides is 1. The van der Waals surface area contributed by atoms with E-state index in [1.54, 1.807) is 0 Å². The lowest BCUT2D eigenvalue weighted by Gasteiger charge is -2.17. The van der Waals surface area contributed by atoms with Gasteiger partial charge in [0.2, 0.25) is 5.91 Å². The Hall–Kier alpha value is -1.78. The molecule has 2 N–H and O–H groups in total. The monoisotopic (exact) mass is 470 g/mol. The number of hydrogen-bond acceptors (Lipinski definition) is 3. The summed E-state index contributed by atoms with van der Waals surface area (Å²) in [6.07, 6.45) is -4.85. The maximum atomic E-state index is 13.3. The number of hydrogen-bond donors (Lipinski definition) is 2. The second-order valence-electron chi connectivity index (χ2n) is 5.12. The average molecular weight is 472 g/mol. The minimum absolute atomic E-state index is 0.116. The SMILES string of the molecule is CC(=O)Nc1ccc(NS(=O)(=O)c2ccc(Br)cc2Cl)c(C(F)(F)F)c1. The molecule has 0 fully saturated rings. The maximum Gasteiger partial charge on any atom is 0.418 e. The Morgan fingerprint density at radius 1 is 1.15 bits per heavy atom. The predicted octanol–water partition coefficient (Wildman–Crippen LogP) is 4.88. The fraction of sp³-hybridized carbons (Fsp3) is 0.133. The summed E-state index contributed by atoms with van der Waals surface area (Å²) in [5, 5.41) is 2.05. The third-order valence-corrected chi connectivity index (χ3v) is 5.41. The number of carbonyl (C=O) groups is 1. The third kappa shape index (κ3) is 4.89. The van der Waals surface area contributed by atoms with Crippen molar-refractivity contribution >= 4 is 54.8 Å². The average Bonchev–Trinajstić information content (AvgIpc) is 2.46. The lowest BCUT2D eigenvalue weighted by atomic mass is 10.1. The number of benzene rings is 2. The van der Waals surface area contributed by atoms with Crippen LogP contribution in [0.1, 0.15) is 12.5 Å². The zero-order valence-electron chi connectivity index (χ0n) is 13.0. The van der Waals surface area contributed by atoms with Gasteiger partial charge in [-0.05, 0) is 36.4 Å². The first-order chi connectivity index (χ1) is 11.9. The Morgan fingerprint density at radius 2 is 1.81 bits per heavy atom. The van der Waals surface area contributed by atoms with Gasteiger partial charge in [0.25, 0.3) is 10.0 Å². The third-order valence-electron chi connectivity index (χ3n) is 3.07. The van der Waals surface area contributed by atoms with Gasteiger partial charge in [-0.25, -0.2) is 8.42 Å². The summed E-state index contributed by atoms with van der Waals surface area (Å²) in [4.78, 5) is 10.6. The standard InChI is InChI=1S/C15H11BrClF3N2O3S/c1-8(23)21-10-3-4-13(11(7-10)15(18,19)20)22-26(24,25)14-5-2-9(16)6-12(14)17/h2-7,22H,1H3,(H,21,23). The molecule has 0 spiro atoms. The summed E-state index contributed by atoms with van der Waals surface area (Å²) >= 11 is 8.99. The smallest absolute Gasteiger partial charge is 0.326 e. The highest BCUT2D eigenvalue weighted by atomic mass is 79.9. The van der Waals surface area contributed by atoms with Gasteiger partial charge in [0.05, 0.1) is 16.3 Å². The van der Waals surface area contributed by atoms with E-state index in [0.717, 1.165) is 25.1 Å². The molecule has 0 aliphatic heterocycles. The van der Waals surface area contributed by atoms with Gasteiger partial charge in [-0.1, -0.05) is 27.5 Å². The normalized spacial score (nSPS) is 11.9. The molecule has 2 aromatic rings. The van der Waals surface area contributed by atoms with Crippen molar-refractivity contribution < 1.29 is 26.4 Å². The van der Waals surface area contributed by atoms with Crippen molar-refractivity contribution in [1.82, 2.24) is 0 Å². The quantitative estimate of drug-likeness (QED) is 0.667. The molecule has 0 aromatic heterocycles. The molecular formula is C15H11BrClF3N2O3S. The number of alkyl halides is 3. The molecule has 0 atom stereocenters. The van der Waals surface area contributed by atoms with E-state index < -0.39 is 33.4 Å². The molecule has 26 heavy (non-hydrogen) atoms. The summed E-state index contributed by atoms with van der Waals surface area (Å²) in [5.41, 5.74) is -2.06. The highest BCUT2D eigenvalue weighted by Crippen LogP contribution is 2.38. The Kier molecular flexibility index (Phi) is 5.89. The Balaban J connectivity index is 2.49. The highest BCUT2D eigenvalue weighted by Gasteiger charge is 2.35. The van der Waals surface area contributed by atoms with E-state index in [1.807, 2.05) is 4.72 Å². The van der Waals surface area contributed by atoms with Crippen LogP contribution in [0.4, 0.5) is 24.5 Å². The van der Waals surface area contributed by atoms with Crippen LogP contribution in [-0.2, 0) is 21.0 Å². The predicted molar refractivity (Wildman–Crippen MR) is 95.7 cm³/mol. The first-order valence-electron chi connectivity index (χ1n) is 6.87. The van der Waals surface area contributed by atoms with Crippen LogP contribution >= 0.6 is 27.5 Å². The van der Waals surface area contributed by atoms with Crippen LogP contribution < -0.4 is 10.0 Å². The van der Waals surface area contributed by atoms with E-state index in [-0.39, 0.29) is 15.6 Å². The lowest BCUT2D eigenvalue weighted by Crippen LogP contribution is -2.18. The summed E-state index contributed by atoms with van der Waals surface area (Å²) < 4.78 is 67.1. The second kappa shape index (κ2) is 7.45. The van der Waals surface area contributed by atoms with Crippen LogP contribution in [-0.4, -0.2) is 14.3 Å². The molecule has 11 heteroatoms. The van der Waals surface area contributed by atoms with E-state index in [2.05, 4.69) is 21.2 Å². The van der Waals surface area contributed by atoms with Gasteiger partial charge in [0.15, 0.2) is 0 Å². The Labute approximate surface area is 160 Å². The zero-order valence-corrected chi connectivity index (χ0v) is 16.1. The van der Waals surface area contributed by atoms with Crippen molar-refractivity contribution in [3.63, 3.8) is 0 Å². The molecule has 0 saturated carbocycles. The number of sulfonamides is 1. The summed E-state index contributed by atoms with van der Waals surface area (Å²) in [6.45, 7) is 1.14. The van der Waals surface area contributed by atoms with Crippen LogP contribution in [0.5, 0.6) is 0 Å². The number of carbonyl (C=O) groups excluding carboxylic acids is 1. The molecule has 2 aromatic carbocycles. The first kappa shape index (κ1) is 20.5.